The minimum atomic E-state index is 0.119. The molecule has 0 saturated carbocycles. The molecule has 1 unspecified atom stereocenters. The predicted octanol–water partition coefficient (Wildman–Crippen LogP) is 2.56. The Hall–Kier alpha value is -0.830. The number of nitrogens with one attached hydrogen (secondary N) is 2. The molecule has 0 spiro atoms. The summed E-state index contributed by atoms with van der Waals surface area (Å²) in [5, 5.41) is 3.47. The lowest BCUT2D eigenvalue weighted by Gasteiger charge is -2.22. The molecule has 0 radical (unpaired) electrons. The van der Waals surface area contributed by atoms with Crippen molar-refractivity contribution in [2.45, 2.75) is 52.4 Å². The van der Waals surface area contributed by atoms with Crippen molar-refractivity contribution in [2.24, 2.45) is 5.92 Å². The van der Waals surface area contributed by atoms with E-state index >= 15 is 0 Å². The van der Waals surface area contributed by atoms with Gasteiger partial charge in [-0.2, -0.15) is 0 Å². The molecule has 2 heterocycles. The van der Waals surface area contributed by atoms with Crippen molar-refractivity contribution < 1.29 is 0 Å². The molecule has 3 heteroatoms. The molecule has 0 aromatic carbocycles. The van der Waals surface area contributed by atoms with E-state index in [1.807, 2.05) is 0 Å². The van der Waals surface area contributed by atoms with Gasteiger partial charge in [0.1, 0.15) is 5.82 Å². The van der Waals surface area contributed by atoms with E-state index in [9.17, 15) is 0 Å². The summed E-state index contributed by atoms with van der Waals surface area (Å²) in [6.07, 6.45) is 3.76. The molecule has 1 saturated heterocycles. The second-order valence-electron chi connectivity index (χ2n) is 6.32. The van der Waals surface area contributed by atoms with Crippen molar-refractivity contribution in [3.63, 3.8) is 0 Å². The minimum Gasteiger partial charge on any atom is -0.345 e. The molecule has 1 aromatic rings. The Morgan fingerprint density at radius 1 is 1.35 bits per heavy atom. The Labute approximate surface area is 104 Å². The highest BCUT2D eigenvalue weighted by Crippen LogP contribution is 2.23. The fourth-order valence-electron chi connectivity index (χ4n) is 2.42. The van der Waals surface area contributed by atoms with Gasteiger partial charge in [-0.05, 0) is 45.2 Å². The molecule has 0 amide bonds. The van der Waals surface area contributed by atoms with Gasteiger partial charge >= 0.3 is 0 Å². The third kappa shape index (κ3) is 3.09. The highest BCUT2D eigenvalue weighted by atomic mass is 15.0. The summed E-state index contributed by atoms with van der Waals surface area (Å²) in [5.41, 5.74) is 2.64. The number of H-pyrrole nitrogens is 1. The van der Waals surface area contributed by atoms with E-state index in [1.165, 1.54) is 30.8 Å². The lowest BCUT2D eigenvalue weighted by atomic mass is 9.94. The number of aromatic nitrogens is 2. The zero-order valence-electron chi connectivity index (χ0n) is 11.6. The number of aromatic amines is 1. The maximum atomic E-state index is 4.79. The average molecular weight is 235 g/mol. The first-order chi connectivity index (χ1) is 7.97. The largest absolute Gasteiger partial charge is 0.345 e. The fraction of sp³-hybridized carbons (Fsp3) is 0.786. The van der Waals surface area contributed by atoms with Crippen LogP contribution in [0, 0.1) is 12.8 Å². The van der Waals surface area contributed by atoms with Crippen LogP contribution in [0.5, 0.6) is 0 Å². The third-order valence-corrected chi connectivity index (χ3v) is 3.58. The Bertz CT molecular complexity index is 367. The quantitative estimate of drug-likeness (QED) is 0.827. The Morgan fingerprint density at radius 2 is 2.12 bits per heavy atom. The van der Waals surface area contributed by atoms with E-state index in [0.717, 1.165) is 24.7 Å². The van der Waals surface area contributed by atoms with E-state index in [-0.39, 0.29) is 5.41 Å². The molecular weight excluding hydrogens is 210 g/mol. The van der Waals surface area contributed by atoms with Crippen LogP contribution in [0.1, 0.15) is 50.8 Å². The van der Waals surface area contributed by atoms with Crippen LogP contribution in [0.25, 0.3) is 0 Å². The molecule has 1 aliphatic heterocycles. The van der Waals surface area contributed by atoms with Crippen LogP contribution < -0.4 is 5.32 Å². The molecule has 1 aromatic heterocycles. The maximum absolute atomic E-state index is 4.79. The number of nitrogens with zero attached hydrogens (tertiary/aromatic N) is 1. The maximum Gasteiger partial charge on any atom is 0.111 e. The number of rotatable bonds is 2. The van der Waals surface area contributed by atoms with E-state index in [4.69, 9.17) is 4.98 Å². The van der Waals surface area contributed by atoms with Gasteiger partial charge in [0.15, 0.2) is 0 Å². The van der Waals surface area contributed by atoms with Crippen molar-refractivity contribution in [3.05, 3.63) is 17.2 Å². The van der Waals surface area contributed by atoms with Gasteiger partial charge in [-0.3, -0.25) is 0 Å². The smallest absolute Gasteiger partial charge is 0.111 e. The lowest BCUT2D eigenvalue weighted by Crippen LogP contribution is -2.31. The van der Waals surface area contributed by atoms with Crippen molar-refractivity contribution >= 4 is 0 Å². The monoisotopic (exact) mass is 235 g/mol. The lowest BCUT2D eigenvalue weighted by molar-refractivity contribution is 0.373. The first-order valence-electron chi connectivity index (χ1n) is 6.73. The summed E-state index contributed by atoms with van der Waals surface area (Å²) < 4.78 is 0. The Balaban J connectivity index is 2.07. The van der Waals surface area contributed by atoms with E-state index in [1.54, 1.807) is 0 Å². The van der Waals surface area contributed by atoms with Gasteiger partial charge in [0.25, 0.3) is 0 Å². The summed E-state index contributed by atoms with van der Waals surface area (Å²) in [7, 11) is 0. The van der Waals surface area contributed by atoms with E-state index in [2.05, 4.69) is 38.0 Å². The van der Waals surface area contributed by atoms with E-state index in [0.29, 0.717) is 0 Å². The second-order valence-corrected chi connectivity index (χ2v) is 6.32. The second kappa shape index (κ2) is 4.81. The summed E-state index contributed by atoms with van der Waals surface area (Å²) in [6, 6.07) is 0. The van der Waals surface area contributed by atoms with Crippen LogP contribution in [0.2, 0.25) is 0 Å². The molecule has 1 atom stereocenters. The number of imidazole rings is 1. The zero-order chi connectivity index (χ0) is 12.5. The van der Waals surface area contributed by atoms with Crippen LogP contribution in [0.15, 0.2) is 0 Å². The van der Waals surface area contributed by atoms with Gasteiger partial charge in [-0.25, -0.2) is 4.98 Å². The van der Waals surface area contributed by atoms with Gasteiger partial charge in [0.2, 0.25) is 0 Å². The van der Waals surface area contributed by atoms with Gasteiger partial charge in [0, 0.05) is 11.1 Å². The molecular formula is C14H25N3. The minimum absolute atomic E-state index is 0.119. The van der Waals surface area contributed by atoms with Crippen LogP contribution in [0.4, 0.5) is 0 Å². The van der Waals surface area contributed by atoms with Gasteiger partial charge in [0.05, 0.1) is 5.69 Å². The van der Waals surface area contributed by atoms with Gasteiger partial charge < -0.3 is 10.3 Å². The van der Waals surface area contributed by atoms with Crippen molar-refractivity contribution in [1.29, 1.82) is 0 Å². The first kappa shape index (κ1) is 12.6. The third-order valence-electron chi connectivity index (χ3n) is 3.58. The van der Waals surface area contributed by atoms with Gasteiger partial charge in [-0.1, -0.05) is 20.8 Å². The Morgan fingerprint density at radius 3 is 2.65 bits per heavy atom. The number of aryl methyl sites for hydroxylation is 1. The van der Waals surface area contributed by atoms with Crippen LogP contribution in [-0.2, 0) is 11.8 Å². The highest BCUT2D eigenvalue weighted by Gasteiger charge is 2.21. The topological polar surface area (TPSA) is 40.7 Å². The summed E-state index contributed by atoms with van der Waals surface area (Å²) >= 11 is 0. The summed E-state index contributed by atoms with van der Waals surface area (Å²) in [5.74, 6) is 1.88. The molecule has 96 valence electrons. The number of piperidine rings is 1. The van der Waals surface area contributed by atoms with Crippen LogP contribution in [-0.4, -0.2) is 23.1 Å². The molecule has 1 aliphatic rings. The van der Waals surface area contributed by atoms with Crippen LogP contribution in [0.3, 0.4) is 0 Å². The summed E-state index contributed by atoms with van der Waals surface area (Å²) in [6.45, 7) is 11.1. The molecule has 3 nitrogen and oxygen atoms in total. The van der Waals surface area contributed by atoms with Crippen LogP contribution >= 0.6 is 0 Å². The van der Waals surface area contributed by atoms with Gasteiger partial charge in [-0.15, -0.1) is 0 Å². The normalized spacial score (nSPS) is 21.8. The van der Waals surface area contributed by atoms with Crippen molar-refractivity contribution in [1.82, 2.24) is 15.3 Å². The molecule has 1 fully saturated rings. The number of hydrogen-bond donors (Lipinski definition) is 2. The molecule has 0 aliphatic carbocycles. The fourth-order valence-corrected chi connectivity index (χ4v) is 2.42. The zero-order valence-corrected chi connectivity index (χ0v) is 11.6. The average Bonchev–Trinajstić information content (AvgIpc) is 2.62. The van der Waals surface area contributed by atoms with E-state index < -0.39 is 0 Å². The summed E-state index contributed by atoms with van der Waals surface area (Å²) in [4.78, 5) is 8.23. The highest BCUT2D eigenvalue weighted by molar-refractivity contribution is 5.17. The molecule has 0 bridgehead atoms. The molecule has 17 heavy (non-hydrogen) atoms. The first-order valence-corrected chi connectivity index (χ1v) is 6.73. The molecule has 2 rings (SSSR count). The van der Waals surface area contributed by atoms with Crippen molar-refractivity contribution in [2.75, 3.05) is 13.1 Å². The molecule has 2 N–H and O–H groups in total. The number of hydrogen-bond acceptors (Lipinski definition) is 2. The predicted molar refractivity (Wildman–Crippen MR) is 71.3 cm³/mol. The Kier molecular flexibility index (Phi) is 3.57. The van der Waals surface area contributed by atoms with Crippen molar-refractivity contribution in [3.8, 4) is 0 Å². The standard InChI is InChI=1S/C14H25N3/c1-10-12(8-11-6-5-7-15-9-11)17-13(16-10)14(2,3)4/h11,15H,5-9H2,1-4H3,(H,16,17). The SMILES string of the molecule is Cc1[nH]c(C(C)(C)C)nc1CC1CCCNC1.